The lowest BCUT2D eigenvalue weighted by Gasteiger charge is -0.813. The van der Waals surface area contributed by atoms with Crippen LogP contribution in [0.3, 0.4) is 0 Å². The maximum absolute atomic E-state index is 3.00. The third-order valence-electron chi connectivity index (χ3n) is 0. The standard InChI is InChI=1S/2C2H4.2BrH/c2*1-2;;/h2*1-2H2;2*1H. The Kier molecular flexibility index (Phi) is 2960. The van der Waals surface area contributed by atoms with Gasteiger partial charge in [-0.1, -0.05) is 0 Å². The highest BCUT2D eigenvalue weighted by Crippen LogP contribution is 0.865. The fourth-order valence-corrected chi connectivity index (χ4v) is 0. The van der Waals surface area contributed by atoms with Crippen LogP contribution >= 0.6 is 34.0 Å². The van der Waals surface area contributed by atoms with Crippen LogP contribution in [0.5, 0.6) is 0 Å². The molecule has 0 N–H and O–H groups in total. The number of hydrogen-bond donors (Lipinski definition) is 0. The van der Waals surface area contributed by atoms with Crippen LogP contribution in [0.2, 0.25) is 0 Å². The van der Waals surface area contributed by atoms with Gasteiger partial charge in [-0.2, -0.15) is 0 Å². The van der Waals surface area contributed by atoms with E-state index in [0.717, 1.165) is 0 Å². The quantitative estimate of drug-likeness (QED) is 0.548. The minimum Gasteiger partial charge on any atom is -0.114 e. The van der Waals surface area contributed by atoms with Crippen LogP contribution in [-0.2, 0) is 0 Å². The van der Waals surface area contributed by atoms with E-state index in [9.17, 15) is 0 Å². The third-order valence-corrected chi connectivity index (χ3v) is 0. The van der Waals surface area contributed by atoms with Crippen molar-refractivity contribution in [1.82, 2.24) is 0 Å². The summed E-state index contributed by atoms with van der Waals surface area (Å²) in [5.41, 5.74) is 0. The van der Waals surface area contributed by atoms with Crippen LogP contribution < -0.4 is 0 Å². The lowest BCUT2D eigenvalue weighted by molar-refractivity contribution is 2.81. The summed E-state index contributed by atoms with van der Waals surface area (Å²) in [6.45, 7) is 12.0. The predicted molar refractivity (Wildman–Crippen MR) is 43.2 cm³/mol. The molecule has 0 rings (SSSR count). The van der Waals surface area contributed by atoms with Gasteiger partial charge in [0.1, 0.15) is 0 Å². The van der Waals surface area contributed by atoms with Gasteiger partial charge >= 0.3 is 0 Å². The smallest absolute Gasteiger partial charge is 0.106 e. The zero-order valence-corrected chi connectivity index (χ0v) is 7.07. The molecule has 0 saturated carbocycles. The summed E-state index contributed by atoms with van der Waals surface area (Å²) >= 11 is 0. The summed E-state index contributed by atoms with van der Waals surface area (Å²) in [7, 11) is 0. The zero-order chi connectivity index (χ0) is 4.00. The molecule has 0 atom stereocenters. The Morgan fingerprint density at radius 3 is 0.500 bits per heavy atom. The molecule has 0 aliphatic rings. The molecule has 0 aliphatic heterocycles. The first kappa shape index (κ1) is 32.0. The highest BCUT2D eigenvalue weighted by molar-refractivity contribution is 8.93. The van der Waals surface area contributed by atoms with Crippen LogP contribution in [0.15, 0.2) is 26.3 Å². The highest BCUT2D eigenvalue weighted by atomic mass is 79.9. The van der Waals surface area contributed by atoms with Crippen molar-refractivity contribution in [3.8, 4) is 0 Å². The summed E-state index contributed by atoms with van der Waals surface area (Å²) in [6.07, 6.45) is 0. The number of rotatable bonds is 0. The maximum atomic E-state index is 3.00. The minimum atomic E-state index is 0. The molecule has 0 heterocycles. The van der Waals surface area contributed by atoms with Crippen molar-refractivity contribution in [2.24, 2.45) is 0 Å². The Labute approximate surface area is 60.5 Å². The summed E-state index contributed by atoms with van der Waals surface area (Å²) in [6, 6.07) is 0. The lowest BCUT2D eigenvalue weighted by atomic mass is 11.3. The van der Waals surface area contributed by atoms with Crippen LogP contribution in [-0.4, -0.2) is 0 Å². The predicted octanol–water partition coefficient (Wildman–Crippen LogP) is 2.76. The molecule has 0 spiro atoms. The normalized spacial score (nSPS) is 1.33. The van der Waals surface area contributed by atoms with Gasteiger partial charge < -0.3 is 0 Å². The molecule has 0 unspecified atom stereocenters. The van der Waals surface area contributed by atoms with Gasteiger partial charge in [0.05, 0.1) is 0 Å². The molecule has 0 amide bonds. The molecule has 0 aromatic rings. The molecule has 0 nitrogen and oxygen atoms in total. The Morgan fingerprint density at radius 2 is 0.500 bits per heavy atom. The van der Waals surface area contributed by atoms with E-state index in [1.807, 2.05) is 0 Å². The van der Waals surface area contributed by atoms with Crippen LogP contribution in [0.1, 0.15) is 0 Å². The van der Waals surface area contributed by atoms with E-state index in [1.54, 1.807) is 0 Å². The zero-order valence-electron chi connectivity index (χ0n) is 3.64. The van der Waals surface area contributed by atoms with Gasteiger partial charge in [0.25, 0.3) is 0 Å². The topological polar surface area (TPSA) is 0 Å². The fourth-order valence-electron chi connectivity index (χ4n) is 0. The molecule has 6 heavy (non-hydrogen) atoms. The highest BCUT2D eigenvalue weighted by Gasteiger charge is 0.603. The molecular formula is C4H10Br2. The maximum Gasteiger partial charge on any atom is -0.106 e. The minimum absolute atomic E-state index is 0. The van der Waals surface area contributed by atoms with Crippen LogP contribution in [0.4, 0.5) is 0 Å². The summed E-state index contributed by atoms with van der Waals surface area (Å²) in [5.74, 6) is 0. The van der Waals surface area contributed by atoms with Gasteiger partial charge in [0.15, 0.2) is 0 Å². The van der Waals surface area contributed by atoms with Crippen molar-refractivity contribution in [3.05, 3.63) is 26.3 Å². The van der Waals surface area contributed by atoms with Crippen molar-refractivity contribution in [2.75, 3.05) is 0 Å². The first-order valence-electron chi connectivity index (χ1n) is 1.000. The van der Waals surface area contributed by atoms with E-state index in [-0.39, 0.29) is 34.0 Å². The van der Waals surface area contributed by atoms with Gasteiger partial charge in [-0.05, 0) is 0 Å². The second-order valence-corrected chi connectivity index (χ2v) is 0. The first-order valence-corrected chi connectivity index (χ1v) is 1.000. The Hall–Kier alpha value is 0.440. The van der Waals surface area contributed by atoms with Gasteiger partial charge in [-0.25, -0.2) is 0 Å². The van der Waals surface area contributed by atoms with Crippen molar-refractivity contribution in [2.45, 2.75) is 0 Å². The first-order chi connectivity index (χ1) is 2.00. The Balaban J connectivity index is -0.00000000500. The summed E-state index contributed by atoms with van der Waals surface area (Å²) < 4.78 is 0. The van der Waals surface area contributed by atoms with E-state index < -0.39 is 0 Å². The molecule has 40 valence electrons. The Morgan fingerprint density at radius 1 is 0.500 bits per heavy atom. The van der Waals surface area contributed by atoms with E-state index in [1.165, 1.54) is 0 Å². The average Bonchev–Trinajstić information content (AvgIpc) is 1.50. The summed E-state index contributed by atoms with van der Waals surface area (Å²) in [5, 5.41) is 0. The van der Waals surface area contributed by atoms with E-state index in [4.69, 9.17) is 0 Å². The molecule has 0 saturated heterocycles. The third kappa shape index (κ3) is 271. The van der Waals surface area contributed by atoms with Crippen molar-refractivity contribution < 1.29 is 0 Å². The number of hydrogen-bond acceptors (Lipinski definition) is 0. The monoisotopic (exact) mass is 216 g/mol. The van der Waals surface area contributed by atoms with Gasteiger partial charge in [0.2, 0.25) is 0 Å². The van der Waals surface area contributed by atoms with Crippen molar-refractivity contribution in [1.29, 1.82) is 0 Å². The van der Waals surface area contributed by atoms with E-state index in [2.05, 4.69) is 26.3 Å². The largest absolute Gasteiger partial charge is 0.114 e. The SMILES string of the molecule is Br.Br.C=C.C=C. The van der Waals surface area contributed by atoms with Crippen molar-refractivity contribution >= 4 is 34.0 Å². The van der Waals surface area contributed by atoms with Crippen LogP contribution in [0, 0.1) is 0 Å². The number of halogens is 2. The lowest BCUT2D eigenvalue weighted by Crippen LogP contribution is -0.552. The molecule has 0 radical (unpaired) electrons. The second kappa shape index (κ2) is 554. The van der Waals surface area contributed by atoms with Gasteiger partial charge in [-0.3, -0.25) is 0 Å². The van der Waals surface area contributed by atoms with Gasteiger partial charge in [-0.15, -0.1) is 60.3 Å². The van der Waals surface area contributed by atoms with Gasteiger partial charge in [0, 0.05) is 0 Å². The Bertz CT molecular complexity index is 7.51. The fraction of sp³-hybridized carbons (Fsp3) is 0. The van der Waals surface area contributed by atoms with E-state index >= 15 is 0 Å². The van der Waals surface area contributed by atoms with E-state index in [0.29, 0.717) is 0 Å². The average molecular weight is 218 g/mol. The molecule has 0 bridgehead atoms. The summed E-state index contributed by atoms with van der Waals surface area (Å²) in [4.78, 5) is 0. The molecule has 0 aliphatic carbocycles. The molecule has 2 heteroatoms. The molecule has 0 fully saturated rings. The van der Waals surface area contributed by atoms with Crippen LogP contribution in [0.25, 0.3) is 0 Å². The second-order valence-electron chi connectivity index (χ2n) is 0. The molecule has 0 aromatic heterocycles. The van der Waals surface area contributed by atoms with Crippen molar-refractivity contribution in [3.63, 3.8) is 0 Å². The molecule has 0 aromatic carbocycles. The molecular weight excluding hydrogens is 208 g/mol.